The second-order valence-corrected chi connectivity index (χ2v) is 12.1. The lowest BCUT2D eigenvalue weighted by Crippen LogP contribution is -2.37. The standard InChI is InChI=1S/C24H28N2O4S2/c1-15(2)32(28,29)20-9-5-7-18(13-20)23(27)26(14-19-8-6-10-30-19)24-25-21-11-16(3)17(4)12-22(21)31-24/h5,7,9,11-13,15,19H,6,8,10,14H2,1-4H3. The van der Waals surface area contributed by atoms with Crippen LogP contribution in [0.5, 0.6) is 0 Å². The number of anilines is 1. The fourth-order valence-electron chi connectivity index (χ4n) is 3.76. The van der Waals surface area contributed by atoms with Crippen LogP contribution in [0.25, 0.3) is 10.2 Å². The Hall–Kier alpha value is -2.29. The summed E-state index contributed by atoms with van der Waals surface area (Å²) in [6, 6.07) is 10.4. The third-order valence-corrected chi connectivity index (χ3v) is 9.10. The van der Waals surface area contributed by atoms with Gasteiger partial charge in [-0.1, -0.05) is 17.4 Å². The number of benzene rings is 2. The Kier molecular flexibility index (Phi) is 6.38. The topological polar surface area (TPSA) is 76.6 Å². The molecule has 2 aromatic carbocycles. The molecule has 170 valence electrons. The molecule has 1 atom stereocenters. The van der Waals surface area contributed by atoms with Gasteiger partial charge in [0.2, 0.25) is 0 Å². The molecule has 1 unspecified atom stereocenters. The molecule has 1 aromatic heterocycles. The zero-order valence-corrected chi connectivity index (χ0v) is 20.4. The molecule has 0 bridgehead atoms. The third kappa shape index (κ3) is 4.44. The lowest BCUT2D eigenvalue weighted by atomic mass is 10.1. The van der Waals surface area contributed by atoms with Gasteiger partial charge in [-0.15, -0.1) is 0 Å². The van der Waals surface area contributed by atoms with E-state index < -0.39 is 15.1 Å². The van der Waals surface area contributed by atoms with E-state index in [2.05, 4.69) is 13.0 Å². The van der Waals surface area contributed by atoms with Gasteiger partial charge >= 0.3 is 0 Å². The molecule has 2 heterocycles. The van der Waals surface area contributed by atoms with Crippen molar-refractivity contribution in [1.82, 2.24) is 4.98 Å². The SMILES string of the molecule is Cc1cc2nc(N(CC3CCCO3)C(=O)c3cccc(S(=O)(=O)C(C)C)c3)sc2cc1C. The van der Waals surface area contributed by atoms with Gasteiger partial charge in [-0.2, -0.15) is 0 Å². The first-order valence-electron chi connectivity index (χ1n) is 10.8. The Balaban J connectivity index is 1.75. The van der Waals surface area contributed by atoms with Crippen LogP contribution < -0.4 is 4.90 Å². The average Bonchev–Trinajstić information content (AvgIpc) is 3.41. The molecule has 6 nitrogen and oxygen atoms in total. The van der Waals surface area contributed by atoms with Crippen LogP contribution in [-0.4, -0.2) is 43.8 Å². The third-order valence-electron chi connectivity index (χ3n) is 5.91. The number of aromatic nitrogens is 1. The van der Waals surface area contributed by atoms with Crippen LogP contribution in [0.15, 0.2) is 41.3 Å². The highest BCUT2D eigenvalue weighted by atomic mass is 32.2. The number of sulfone groups is 1. The second kappa shape index (κ2) is 8.92. The molecule has 4 rings (SSSR count). The van der Waals surface area contributed by atoms with Crippen LogP contribution >= 0.6 is 11.3 Å². The van der Waals surface area contributed by atoms with Crippen molar-refractivity contribution in [1.29, 1.82) is 0 Å². The van der Waals surface area contributed by atoms with Gasteiger partial charge in [-0.3, -0.25) is 9.69 Å². The first-order valence-corrected chi connectivity index (χ1v) is 13.2. The van der Waals surface area contributed by atoms with E-state index in [0.717, 1.165) is 28.6 Å². The Morgan fingerprint density at radius 1 is 1.22 bits per heavy atom. The van der Waals surface area contributed by atoms with E-state index in [0.29, 0.717) is 23.8 Å². The number of fused-ring (bicyclic) bond motifs is 1. The molecule has 0 N–H and O–H groups in total. The normalized spacial score (nSPS) is 16.7. The second-order valence-electron chi connectivity index (χ2n) is 8.57. The molecule has 1 amide bonds. The van der Waals surface area contributed by atoms with Crippen LogP contribution in [0, 0.1) is 13.8 Å². The number of aryl methyl sites for hydroxylation is 2. The molecule has 1 aliphatic rings. The zero-order valence-electron chi connectivity index (χ0n) is 18.8. The van der Waals surface area contributed by atoms with Gasteiger partial charge in [-0.25, -0.2) is 13.4 Å². The largest absolute Gasteiger partial charge is 0.376 e. The average molecular weight is 473 g/mol. The number of ether oxygens (including phenoxy) is 1. The van der Waals surface area contributed by atoms with Crippen molar-refractivity contribution < 1.29 is 17.9 Å². The Labute approximate surface area is 193 Å². The number of carbonyl (C=O) groups is 1. The molecule has 0 saturated carbocycles. The Morgan fingerprint density at radius 2 is 1.97 bits per heavy atom. The lowest BCUT2D eigenvalue weighted by Gasteiger charge is -2.23. The Bertz CT molecular complexity index is 1220. The van der Waals surface area contributed by atoms with Gasteiger partial charge < -0.3 is 4.74 Å². The number of carbonyl (C=O) groups excluding carboxylic acids is 1. The highest BCUT2D eigenvalue weighted by Gasteiger charge is 2.28. The molecule has 1 aliphatic heterocycles. The minimum Gasteiger partial charge on any atom is -0.376 e. The number of hydrogen-bond acceptors (Lipinski definition) is 6. The molecule has 0 aliphatic carbocycles. The highest BCUT2D eigenvalue weighted by molar-refractivity contribution is 7.92. The van der Waals surface area contributed by atoms with E-state index in [-0.39, 0.29) is 16.9 Å². The predicted molar refractivity (Wildman–Crippen MR) is 129 cm³/mol. The number of hydrogen-bond donors (Lipinski definition) is 0. The molecule has 0 spiro atoms. The van der Waals surface area contributed by atoms with E-state index in [1.165, 1.54) is 23.0 Å². The predicted octanol–water partition coefficient (Wildman–Crippen LogP) is 4.92. The van der Waals surface area contributed by atoms with Crippen molar-refractivity contribution in [2.45, 2.75) is 56.8 Å². The summed E-state index contributed by atoms with van der Waals surface area (Å²) in [6.07, 6.45) is 1.79. The summed E-state index contributed by atoms with van der Waals surface area (Å²) in [5.74, 6) is -0.270. The first kappa shape index (κ1) is 22.9. The fourth-order valence-corrected chi connectivity index (χ4v) is 5.91. The van der Waals surface area contributed by atoms with Crippen LogP contribution in [0.4, 0.5) is 5.13 Å². The van der Waals surface area contributed by atoms with Crippen molar-refractivity contribution in [2.24, 2.45) is 0 Å². The smallest absolute Gasteiger partial charge is 0.260 e. The summed E-state index contributed by atoms with van der Waals surface area (Å²) < 4.78 is 32.1. The minimum absolute atomic E-state index is 0.0583. The molecule has 1 saturated heterocycles. The number of nitrogens with zero attached hydrogens (tertiary/aromatic N) is 2. The van der Waals surface area contributed by atoms with Crippen LogP contribution in [-0.2, 0) is 14.6 Å². The quantitative estimate of drug-likeness (QED) is 0.509. The molecule has 3 aromatic rings. The lowest BCUT2D eigenvalue weighted by molar-refractivity contribution is 0.0917. The van der Waals surface area contributed by atoms with Crippen LogP contribution in [0.2, 0.25) is 0 Å². The summed E-state index contributed by atoms with van der Waals surface area (Å²) in [7, 11) is -3.48. The summed E-state index contributed by atoms with van der Waals surface area (Å²) in [5.41, 5.74) is 3.51. The van der Waals surface area contributed by atoms with Gasteiger partial charge in [0, 0.05) is 12.2 Å². The molecule has 8 heteroatoms. The van der Waals surface area contributed by atoms with Crippen molar-refractivity contribution >= 4 is 42.4 Å². The van der Waals surface area contributed by atoms with Gasteiger partial charge in [0.05, 0.1) is 33.0 Å². The minimum atomic E-state index is -3.48. The van der Waals surface area contributed by atoms with Crippen molar-refractivity contribution in [3.8, 4) is 0 Å². The van der Waals surface area contributed by atoms with E-state index in [4.69, 9.17) is 9.72 Å². The van der Waals surface area contributed by atoms with Crippen molar-refractivity contribution in [2.75, 3.05) is 18.1 Å². The fraction of sp³-hybridized carbons (Fsp3) is 0.417. The van der Waals surface area contributed by atoms with Crippen LogP contribution in [0.3, 0.4) is 0 Å². The maximum absolute atomic E-state index is 13.6. The van der Waals surface area contributed by atoms with Gasteiger partial charge in [-0.05, 0) is 82.0 Å². The number of amides is 1. The van der Waals surface area contributed by atoms with E-state index in [1.54, 1.807) is 36.9 Å². The van der Waals surface area contributed by atoms with Gasteiger partial charge in [0.1, 0.15) is 0 Å². The van der Waals surface area contributed by atoms with Gasteiger partial charge in [0.25, 0.3) is 5.91 Å². The maximum Gasteiger partial charge on any atom is 0.260 e. The highest BCUT2D eigenvalue weighted by Crippen LogP contribution is 2.33. The summed E-state index contributed by atoms with van der Waals surface area (Å²) in [5, 5.41) is 0.0363. The molecule has 0 radical (unpaired) electrons. The number of thiazole rings is 1. The summed E-state index contributed by atoms with van der Waals surface area (Å²) in [6.45, 7) is 8.45. The monoisotopic (exact) mass is 472 g/mol. The molecular weight excluding hydrogens is 444 g/mol. The Morgan fingerprint density at radius 3 is 2.66 bits per heavy atom. The molecule has 32 heavy (non-hydrogen) atoms. The zero-order chi connectivity index (χ0) is 23.0. The van der Waals surface area contributed by atoms with E-state index in [1.807, 2.05) is 13.0 Å². The summed E-state index contributed by atoms with van der Waals surface area (Å²) in [4.78, 5) is 20.2. The van der Waals surface area contributed by atoms with E-state index in [9.17, 15) is 13.2 Å². The molecule has 1 fully saturated rings. The number of rotatable bonds is 6. The van der Waals surface area contributed by atoms with Crippen molar-refractivity contribution in [3.05, 3.63) is 53.1 Å². The van der Waals surface area contributed by atoms with Crippen LogP contribution in [0.1, 0.15) is 48.2 Å². The molecular formula is C24H28N2O4S2. The van der Waals surface area contributed by atoms with Gasteiger partial charge in [0.15, 0.2) is 15.0 Å². The first-order chi connectivity index (χ1) is 15.2. The van der Waals surface area contributed by atoms with Crippen molar-refractivity contribution in [3.63, 3.8) is 0 Å². The van der Waals surface area contributed by atoms with E-state index >= 15 is 0 Å². The maximum atomic E-state index is 13.6. The summed E-state index contributed by atoms with van der Waals surface area (Å²) >= 11 is 1.47.